The van der Waals surface area contributed by atoms with Crippen molar-refractivity contribution < 1.29 is 19.0 Å². The molecule has 0 atom stereocenters. The number of anilines is 2. The molecule has 162 valence electrons. The Bertz CT molecular complexity index is 1150. The molecule has 7 nitrogen and oxygen atoms in total. The number of nitrogens with one attached hydrogen (secondary N) is 1. The van der Waals surface area contributed by atoms with Crippen LogP contribution >= 0.6 is 11.6 Å². The lowest BCUT2D eigenvalue weighted by atomic mass is 10.1. The first-order valence-corrected chi connectivity index (χ1v) is 10.3. The lowest BCUT2D eigenvalue weighted by Gasteiger charge is -2.28. The molecule has 0 amide bonds. The first kappa shape index (κ1) is 21.3. The van der Waals surface area contributed by atoms with Crippen LogP contribution in [0.4, 0.5) is 15.9 Å². The van der Waals surface area contributed by atoms with Crippen LogP contribution in [0.2, 0.25) is 5.02 Å². The Hall–Kier alpha value is -2.97. The SMILES string of the molecule is CCN(Cc1cc2c(Nc3cccc(Cl)c3F)ncnc2cc1OC)C1(C(=O)O)CC1. The van der Waals surface area contributed by atoms with Crippen molar-refractivity contribution >= 4 is 40.0 Å². The predicted octanol–water partition coefficient (Wildman–Crippen LogP) is 4.61. The Morgan fingerprint density at radius 1 is 1.35 bits per heavy atom. The zero-order valence-electron chi connectivity index (χ0n) is 17.2. The fourth-order valence-corrected chi connectivity index (χ4v) is 4.00. The van der Waals surface area contributed by atoms with Gasteiger partial charge in [0.15, 0.2) is 5.82 Å². The Morgan fingerprint density at radius 3 is 2.77 bits per heavy atom. The molecular formula is C22H22ClFN4O3. The van der Waals surface area contributed by atoms with Crippen molar-refractivity contribution in [2.75, 3.05) is 19.0 Å². The van der Waals surface area contributed by atoms with Crippen LogP contribution in [0.15, 0.2) is 36.7 Å². The average molecular weight is 445 g/mol. The number of carbonyl (C=O) groups is 1. The van der Waals surface area contributed by atoms with Crippen molar-refractivity contribution in [2.45, 2.75) is 31.8 Å². The molecule has 0 bridgehead atoms. The standard InChI is InChI=1S/C22H22ClFN4O3/c1-3-28(22(7-8-22)21(29)30)11-13-9-14-17(10-18(13)31-2)25-12-26-20(14)27-16-6-4-5-15(23)19(16)24/h4-6,9-10,12H,3,7-8,11H2,1-2H3,(H,29,30)(H,25,26,27). The lowest BCUT2D eigenvalue weighted by Crippen LogP contribution is -2.43. The topological polar surface area (TPSA) is 87.6 Å². The minimum absolute atomic E-state index is 0.00714. The summed E-state index contributed by atoms with van der Waals surface area (Å²) in [6, 6.07) is 8.33. The molecule has 1 aliphatic rings. The number of carboxylic acids is 1. The number of fused-ring (bicyclic) bond motifs is 1. The summed E-state index contributed by atoms with van der Waals surface area (Å²) in [5.41, 5.74) is 0.784. The second-order valence-corrected chi connectivity index (χ2v) is 7.89. The second kappa shape index (κ2) is 8.28. The molecule has 1 fully saturated rings. The van der Waals surface area contributed by atoms with Gasteiger partial charge in [0.05, 0.1) is 23.3 Å². The van der Waals surface area contributed by atoms with Crippen LogP contribution in [0.1, 0.15) is 25.3 Å². The van der Waals surface area contributed by atoms with E-state index in [1.807, 2.05) is 17.9 Å². The van der Waals surface area contributed by atoms with Gasteiger partial charge in [0.2, 0.25) is 0 Å². The van der Waals surface area contributed by atoms with Crippen molar-refractivity contribution in [3.63, 3.8) is 0 Å². The number of rotatable bonds is 8. The van der Waals surface area contributed by atoms with Gasteiger partial charge in [-0.1, -0.05) is 24.6 Å². The number of aromatic nitrogens is 2. The summed E-state index contributed by atoms with van der Waals surface area (Å²) in [7, 11) is 1.56. The fourth-order valence-electron chi connectivity index (χ4n) is 3.83. The smallest absolute Gasteiger partial charge is 0.324 e. The Labute approximate surface area is 183 Å². The molecule has 9 heteroatoms. The first-order valence-electron chi connectivity index (χ1n) is 9.90. The summed E-state index contributed by atoms with van der Waals surface area (Å²) in [5.74, 6) is -0.363. The molecular weight excluding hydrogens is 423 g/mol. The van der Waals surface area contributed by atoms with Gasteiger partial charge < -0.3 is 15.2 Å². The number of halogens is 2. The number of nitrogens with zero attached hydrogens (tertiary/aromatic N) is 3. The highest BCUT2D eigenvalue weighted by molar-refractivity contribution is 6.31. The van der Waals surface area contributed by atoms with E-state index < -0.39 is 17.3 Å². The fraction of sp³-hybridized carbons (Fsp3) is 0.318. The number of aliphatic carboxylic acids is 1. The van der Waals surface area contributed by atoms with E-state index in [9.17, 15) is 14.3 Å². The number of benzene rings is 2. The maximum Gasteiger partial charge on any atom is 0.324 e. The maximum absolute atomic E-state index is 14.4. The summed E-state index contributed by atoms with van der Waals surface area (Å²) in [6.45, 7) is 2.91. The molecule has 0 unspecified atom stereocenters. The minimum Gasteiger partial charge on any atom is -0.496 e. The number of methoxy groups -OCH3 is 1. The molecule has 1 saturated carbocycles. The molecule has 0 radical (unpaired) electrons. The van der Waals surface area contributed by atoms with E-state index >= 15 is 0 Å². The van der Waals surface area contributed by atoms with Gasteiger partial charge in [-0.3, -0.25) is 9.69 Å². The van der Waals surface area contributed by atoms with E-state index in [4.69, 9.17) is 16.3 Å². The molecule has 2 aromatic carbocycles. The van der Waals surface area contributed by atoms with Gasteiger partial charge in [-0.25, -0.2) is 14.4 Å². The third-order valence-electron chi connectivity index (χ3n) is 5.71. The second-order valence-electron chi connectivity index (χ2n) is 7.48. The van der Waals surface area contributed by atoms with Crippen molar-refractivity contribution in [2.24, 2.45) is 0 Å². The molecule has 1 aliphatic carbocycles. The van der Waals surface area contributed by atoms with Crippen molar-refractivity contribution in [1.82, 2.24) is 14.9 Å². The Morgan fingerprint density at radius 2 is 2.13 bits per heavy atom. The van der Waals surface area contributed by atoms with E-state index in [-0.39, 0.29) is 10.7 Å². The molecule has 2 N–H and O–H groups in total. The van der Waals surface area contributed by atoms with Gasteiger partial charge >= 0.3 is 5.97 Å². The van der Waals surface area contributed by atoms with Crippen LogP contribution in [0.3, 0.4) is 0 Å². The van der Waals surface area contributed by atoms with Gasteiger partial charge in [0.1, 0.15) is 23.4 Å². The number of likely N-dealkylation sites (N-methyl/N-ethyl adjacent to an activating group) is 1. The van der Waals surface area contributed by atoms with Crippen LogP contribution in [0, 0.1) is 5.82 Å². The summed E-state index contributed by atoms with van der Waals surface area (Å²) in [6.07, 6.45) is 2.63. The quantitative estimate of drug-likeness (QED) is 0.524. The third kappa shape index (κ3) is 3.88. The van der Waals surface area contributed by atoms with E-state index in [0.717, 1.165) is 5.56 Å². The molecule has 3 aromatic rings. The van der Waals surface area contributed by atoms with Crippen LogP contribution in [0.25, 0.3) is 10.9 Å². The van der Waals surface area contributed by atoms with Crippen LogP contribution in [-0.4, -0.2) is 45.1 Å². The molecule has 4 rings (SSSR count). The van der Waals surface area contributed by atoms with E-state index in [2.05, 4.69) is 15.3 Å². The Kier molecular flexibility index (Phi) is 5.68. The van der Waals surface area contributed by atoms with Crippen molar-refractivity contribution in [3.8, 4) is 5.75 Å². The number of hydrogen-bond donors (Lipinski definition) is 2. The largest absolute Gasteiger partial charge is 0.496 e. The van der Waals surface area contributed by atoms with Crippen molar-refractivity contribution in [3.05, 3.63) is 53.1 Å². The highest BCUT2D eigenvalue weighted by atomic mass is 35.5. The van der Waals surface area contributed by atoms with Crippen LogP contribution < -0.4 is 10.1 Å². The highest BCUT2D eigenvalue weighted by Gasteiger charge is 2.54. The lowest BCUT2D eigenvalue weighted by molar-refractivity contribution is -0.145. The van der Waals surface area contributed by atoms with Gasteiger partial charge in [0, 0.05) is 23.6 Å². The summed E-state index contributed by atoms with van der Waals surface area (Å²) >= 11 is 5.89. The number of hydrogen-bond acceptors (Lipinski definition) is 6. The zero-order valence-corrected chi connectivity index (χ0v) is 17.9. The minimum atomic E-state index is -0.826. The van der Waals surface area contributed by atoms with Gasteiger partial charge in [-0.15, -0.1) is 0 Å². The Balaban J connectivity index is 1.75. The third-order valence-corrected chi connectivity index (χ3v) is 6.00. The normalized spacial score (nSPS) is 14.6. The monoisotopic (exact) mass is 444 g/mol. The average Bonchev–Trinajstić information content (AvgIpc) is 3.57. The van der Waals surface area contributed by atoms with Gasteiger partial charge in [0.25, 0.3) is 0 Å². The van der Waals surface area contributed by atoms with Crippen LogP contribution in [-0.2, 0) is 11.3 Å². The summed E-state index contributed by atoms with van der Waals surface area (Å²) in [4.78, 5) is 22.3. The van der Waals surface area contributed by atoms with Gasteiger partial charge in [-0.2, -0.15) is 0 Å². The molecule has 31 heavy (non-hydrogen) atoms. The molecule has 1 aromatic heterocycles. The molecule has 0 saturated heterocycles. The molecule has 0 aliphatic heterocycles. The predicted molar refractivity (Wildman–Crippen MR) is 116 cm³/mol. The zero-order chi connectivity index (χ0) is 22.2. The summed E-state index contributed by atoms with van der Waals surface area (Å²) < 4.78 is 19.9. The van der Waals surface area contributed by atoms with Gasteiger partial charge in [-0.05, 0) is 37.6 Å². The molecule has 1 heterocycles. The van der Waals surface area contributed by atoms with E-state index in [1.165, 1.54) is 12.4 Å². The van der Waals surface area contributed by atoms with E-state index in [0.29, 0.717) is 48.4 Å². The first-order chi connectivity index (χ1) is 14.9. The highest BCUT2D eigenvalue weighted by Crippen LogP contribution is 2.43. The summed E-state index contributed by atoms with van der Waals surface area (Å²) in [5, 5.41) is 13.3. The van der Waals surface area contributed by atoms with Crippen LogP contribution in [0.5, 0.6) is 5.75 Å². The number of ether oxygens (including phenoxy) is 1. The molecule has 0 spiro atoms. The number of carboxylic acid groups (broad SMARTS) is 1. The van der Waals surface area contributed by atoms with Crippen molar-refractivity contribution in [1.29, 1.82) is 0 Å². The maximum atomic E-state index is 14.4. The van der Waals surface area contributed by atoms with E-state index in [1.54, 1.807) is 25.3 Å².